The van der Waals surface area contributed by atoms with Crippen molar-refractivity contribution in [2.75, 3.05) is 24.0 Å². The van der Waals surface area contributed by atoms with Gasteiger partial charge in [0.1, 0.15) is 18.3 Å². The van der Waals surface area contributed by atoms with Gasteiger partial charge in [-0.25, -0.2) is 8.42 Å². The molecule has 0 radical (unpaired) electrons. The van der Waals surface area contributed by atoms with E-state index >= 15 is 0 Å². The monoisotopic (exact) mass is 683 g/mol. The molecule has 220 valence electrons. The average Bonchev–Trinajstić information content (AvgIpc) is 2.95. The fraction of sp³-hybridized carbons (Fsp3) is 0.310. The number of halogens is 3. The predicted molar refractivity (Wildman–Crippen MR) is 166 cm³/mol. The van der Waals surface area contributed by atoms with Crippen molar-refractivity contribution < 1.29 is 22.7 Å². The first-order chi connectivity index (χ1) is 19.5. The van der Waals surface area contributed by atoms with Gasteiger partial charge in [-0.05, 0) is 86.5 Å². The van der Waals surface area contributed by atoms with Gasteiger partial charge >= 0.3 is 0 Å². The molecule has 0 bridgehead atoms. The highest BCUT2D eigenvalue weighted by atomic mass is 79.9. The van der Waals surface area contributed by atoms with Gasteiger partial charge in [-0.1, -0.05) is 52.1 Å². The molecule has 8 nitrogen and oxygen atoms in total. The lowest BCUT2D eigenvalue weighted by Gasteiger charge is -2.32. The molecule has 0 saturated carbocycles. The number of carbonyl (C=O) groups excluding carboxylic acids is 2. The number of benzene rings is 3. The molecule has 0 heterocycles. The summed E-state index contributed by atoms with van der Waals surface area (Å²) in [6.07, 6.45) is 0.718. The van der Waals surface area contributed by atoms with E-state index in [1.807, 2.05) is 13.8 Å². The molecule has 0 aliphatic heterocycles. The van der Waals surface area contributed by atoms with Gasteiger partial charge in [-0.3, -0.25) is 13.9 Å². The van der Waals surface area contributed by atoms with E-state index in [0.29, 0.717) is 39.0 Å². The van der Waals surface area contributed by atoms with Crippen molar-refractivity contribution in [3.63, 3.8) is 0 Å². The van der Waals surface area contributed by atoms with Crippen LogP contribution in [0.25, 0.3) is 0 Å². The minimum absolute atomic E-state index is 0.00584. The van der Waals surface area contributed by atoms with Crippen molar-refractivity contribution in [1.82, 2.24) is 10.2 Å². The Bertz CT molecular complexity index is 1450. The van der Waals surface area contributed by atoms with Crippen LogP contribution in [0.3, 0.4) is 0 Å². The fourth-order valence-corrected chi connectivity index (χ4v) is 5.95. The third-order valence-electron chi connectivity index (χ3n) is 6.17. The van der Waals surface area contributed by atoms with Crippen LogP contribution in [0.4, 0.5) is 5.69 Å². The molecule has 1 unspecified atom stereocenters. The third kappa shape index (κ3) is 8.61. The molecular formula is C29H32BrCl2N3O5S. The van der Waals surface area contributed by atoms with E-state index in [1.54, 1.807) is 61.5 Å². The summed E-state index contributed by atoms with van der Waals surface area (Å²) in [5, 5.41) is 3.46. The Hall–Kier alpha value is -2.79. The van der Waals surface area contributed by atoms with Crippen LogP contribution in [0.1, 0.15) is 32.8 Å². The van der Waals surface area contributed by atoms with Crippen molar-refractivity contribution in [3.8, 4) is 5.75 Å². The second-order valence-corrected chi connectivity index (χ2v) is 12.7. The first-order valence-electron chi connectivity index (χ1n) is 13.0. The Morgan fingerprint density at radius 1 is 0.976 bits per heavy atom. The Labute approximate surface area is 259 Å². The summed E-state index contributed by atoms with van der Waals surface area (Å²) >= 11 is 15.6. The van der Waals surface area contributed by atoms with Crippen molar-refractivity contribution in [3.05, 3.63) is 86.8 Å². The zero-order chi connectivity index (χ0) is 30.2. The standard InChI is InChI=1S/C29H32BrCl2N3O5S/c1-4-16-33-29(37)20(3)34(18-21-6-15-26(31)27(32)17-21)28(36)19-35(23-9-11-24(12-10-23)40-5-2)41(38,39)25-13-7-22(30)8-14-25/h6-15,17,20H,4-5,16,18-19H2,1-3H3,(H,33,37). The number of amides is 2. The second-order valence-electron chi connectivity index (χ2n) is 9.13. The second kappa shape index (κ2) is 14.9. The van der Waals surface area contributed by atoms with Gasteiger partial charge in [0.25, 0.3) is 10.0 Å². The number of sulfonamides is 1. The van der Waals surface area contributed by atoms with Gasteiger partial charge in [0, 0.05) is 17.6 Å². The van der Waals surface area contributed by atoms with Crippen LogP contribution in [-0.4, -0.2) is 50.9 Å². The van der Waals surface area contributed by atoms with Crippen LogP contribution in [0.5, 0.6) is 5.75 Å². The minimum atomic E-state index is -4.18. The van der Waals surface area contributed by atoms with E-state index in [-0.39, 0.29) is 23.0 Å². The highest BCUT2D eigenvalue weighted by molar-refractivity contribution is 9.10. The van der Waals surface area contributed by atoms with E-state index < -0.39 is 28.5 Å². The minimum Gasteiger partial charge on any atom is -0.494 e. The number of hydrogen-bond donors (Lipinski definition) is 1. The Kier molecular flexibility index (Phi) is 11.9. The van der Waals surface area contributed by atoms with E-state index in [1.165, 1.54) is 17.0 Å². The quantitative estimate of drug-likeness (QED) is 0.228. The van der Waals surface area contributed by atoms with Crippen LogP contribution >= 0.6 is 39.1 Å². The predicted octanol–water partition coefficient (Wildman–Crippen LogP) is 6.29. The first-order valence-corrected chi connectivity index (χ1v) is 16.0. The van der Waals surface area contributed by atoms with Gasteiger partial charge in [0.05, 0.1) is 27.2 Å². The van der Waals surface area contributed by atoms with E-state index in [4.69, 9.17) is 27.9 Å². The largest absolute Gasteiger partial charge is 0.494 e. The summed E-state index contributed by atoms with van der Waals surface area (Å²) < 4.78 is 35.0. The summed E-state index contributed by atoms with van der Waals surface area (Å²) in [4.78, 5) is 28.3. The molecule has 3 rings (SSSR count). The van der Waals surface area contributed by atoms with Crippen LogP contribution < -0.4 is 14.4 Å². The normalized spacial score (nSPS) is 12.0. The molecule has 41 heavy (non-hydrogen) atoms. The lowest BCUT2D eigenvalue weighted by molar-refractivity contribution is -0.139. The summed E-state index contributed by atoms with van der Waals surface area (Å²) in [5.41, 5.74) is 0.897. The van der Waals surface area contributed by atoms with Crippen LogP contribution in [0.15, 0.2) is 76.1 Å². The van der Waals surface area contributed by atoms with Crippen molar-refractivity contribution in [1.29, 1.82) is 0 Å². The smallest absolute Gasteiger partial charge is 0.264 e. The van der Waals surface area contributed by atoms with E-state index in [2.05, 4.69) is 21.2 Å². The van der Waals surface area contributed by atoms with Crippen LogP contribution in [-0.2, 0) is 26.2 Å². The summed E-state index contributed by atoms with van der Waals surface area (Å²) in [5.74, 6) is -0.375. The molecule has 12 heteroatoms. The number of carbonyl (C=O) groups is 2. The zero-order valence-corrected chi connectivity index (χ0v) is 26.9. The molecule has 3 aromatic carbocycles. The molecular weight excluding hydrogens is 653 g/mol. The van der Waals surface area contributed by atoms with Crippen LogP contribution in [0, 0.1) is 0 Å². The molecule has 0 aliphatic carbocycles. The number of hydrogen-bond acceptors (Lipinski definition) is 5. The maximum Gasteiger partial charge on any atom is 0.264 e. The number of ether oxygens (including phenoxy) is 1. The summed E-state index contributed by atoms with van der Waals surface area (Å²) in [6, 6.07) is 16.6. The van der Waals surface area contributed by atoms with Gasteiger partial charge < -0.3 is 15.0 Å². The lowest BCUT2D eigenvalue weighted by Crippen LogP contribution is -2.51. The van der Waals surface area contributed by atoms with Crippen molar-refractivity contribution in [2.24, 2.45) is 0 Å². The number of nitrogens with one attached hydrogen (secondary N) is 1. The third-order valence-corrected chi connectivity index (χ3v) is 9.23. The number of nitrogens with zero attached hydrogens (tertiary/aromatic N) is 2. The molecule has 0 aromatic heterocycles. The molecule has 3 aromatic rings. The van der Waals surface area contributed by atoms with Crippen molar-refractivity contribution >= 4 is 66.7 Å². The van der Waals surface area contributed by atoms with Gasteiger partial charge in [-0.2, -0.15) is 0 Å². The number of rotatable bonds is 13. The molecule has 0 aliphatic rings. The molecule has 0 saturated heterocycles. The van der Waals surface area contributed by atoms with Crippen LogP contribution in [0.2, 0.25) is 10.0 Å². The Balaban J connectivity index is 2.03. The van der Waals surface area contributed by atoms with Gasteiger partial charge in [0.2, 0.25) is 11.8 Å². The molecule has 0 fully saturated rings. The summed E-state index contributed by atoms with van der Waals surface area (Å²) in [7, 11) is -4.18. The first kappa shape index (κ1) is 32.7. The zero-order valence-electron chi connectivity index (χ0n) is 22.9. The molecule has 2 amide bonds. The maximum atomic E-state index is 14.0. The summed E-state index contributed by atoms with van der Waals surface area (Å²) in [6.45, 7) is 5.70. The molecule has 1 N–H and O–H groups in total. The SMILES string of the molecule is CCCNC(=O)C(C)N(Cc1ccc(Cl)c(Cl)c1)C(=O)CN(c1ccc(OCC)cc1)S(=O)(=O)c1ccc(Br)cc1. The number of anilines is 1. The van der Waals surface area contributed by atoms with Gasteiger partial charge in [-0.15, -0.1) is 0 Å². The van der Waals surface area contributed by atoms with Crippen molar-refractivity contribution in [2.45, 2.75) is 44.7 Å². The van der Waals surface area contributed by atoms with Gasteiger partial charge in [0.15, 0.2) is 0 Å². The van der Waals surface area contributed by atoms with E-state index in [0.717, 1.165) is 10.7 Å². The Morgan fingerprint density at radius 3 is 2.22 bits per heavy atom. The lowest BCUT2D eigenvalue weighted by atomic mass is 10.1. The Morgan fingerprint density at radius 2 is 1.63 bits per heavy atom. The maximum absolute atomic E-state index is 14.0. The molecule has 1 atom stereocenters. The highest BCUT2D eigenvalue weighted by Crippen LogP contribution is 2.28. The average molecular weight is 685 g/mol. The topological polar surface area (TPSA) is 96.0 Å². The van der Waals surface area contributed by atoms with E-state index in [9.17, 15) is 18.0 Å². The fourth-order valence-electron chi connectivity index (χ4n) is 3.95. The molecule has 0 spiro atoms. The highest BCUT2D eigenvalue weighted by Gasteiger charge is 2.32.